The molecule has 0 saturated heterocycles. The van der Waals surface area contributed by atoms with E-state index in [-0.39, 0.29) is 0 Å². The molecule has 0 aliphatic carbocycles. The van der Waals surface area contributed by atoms with Gasteiger partial charge in [-0.05, 0) is 130 Å². The molecule has 0 atom stereocenters. The van der Waals surface area contributed by atoms with Crippen molar-refractivity contribution < 1.29 is 0 Å². The van der Waals surface area contributed by atoms with Gasteiger partial charge in [0.15, 0.2) is 0 Å². The molecular formula is C56H36N2. The normalized spacial score (nSPS) is 11.4. The highest BCUT2D eigenvalue weighted by atomic mass is 14.8. The van der Waals surface area contributed by atoms with Crippen LogP contribution in [-0.4, -0.2) is 9.97 Å². The molecule has 0 bridgehead atoms. The van der Waals surface area contributed by atoms with Crippen LogP contribution in [0, 0.1) is 0 Å². The third-order valence-electron chi connectivity index (χ3n) is 11.5. The second-order valence-electron chi connectivity index (χ2n) is 15.0. The van der Waals surface area contributed by atoms with Gasteiger partial charge in [-0.3, -0.25) is 0 Å². The molecule has 2 heteroatoms. The number of fused-ring (bicyclic) bond motifs is 6. The molecular weight excluding hydrogens is 701 g/mol. The van der Waals surface area contributed by atoms with E-state index in [4.69, 9.17) is 9.97 Å². The number of rotatable bonds is 6. The van der Waals surface area contributed by atoms with Gasteiger partial charge in [0.25, 0.3) is 0 Å². The van der Waals surface area contributed by atoms with E-state index in [9.17, 15) is 0 Å². The van der Waals surface area contributed by atoms with Crippen LogP contribution in [0.4, 0.5) is 0 Å². The quantitative estimate of drug-likeness (QED) is 0.159. The summed E-state index contributed by atoms with van der Waals surface area (Å²) in [6.07, 6.45) is 1.68. The van der Waals surface area contributed by atoms with E-state index in [0.29, 0.717) is 0 Å². The smallest absolute Gasteiger partial charge is 0.116 e. The van der Waals surface area contributed by atoms with Gasteiger partial charge in [-0.2, -0.15) is 0 Å². The highest BCUT2D eigenvalue weighted by Gasteiger charge is 2.13. The van der Waals surface area contributed by atoms with Crippen molar-refractivity contribution in [2.75, 3.05) is 0 Å². The van der Waals surface area contributed by atoms with Crippen molar-refractivity contribution in [1.29, 1.82) is 0 Å². The van der Waals surface area contributed by atoms with Crippen molar-refractivity contribution in [3.63, 3.8) is 0 Å². The molecule has 58 heavy (non-hydrogen) atoms. The van der Waals surface area contributed by atoms with E-state index >= 15 is 0 Å². The zero-order chi connectivity index (χ0) is 38.4. The Morgan fingerprint density at radius 3 is 0.983 bits per heavy atom. The molecule has 2 nitrogen and oxygen atoms in total. The van der Waals surface area contributed by atoms with Gasteiger partial charge in [0, 0.05) is 11.1 Å². The van der Waals surface area contributed by atoms with Crippen LogP contribution in [0.3, 0.4) is 0 Å². The molecule has 0 spiro atoms. The van der Waals surface area contributed by atoms with Gasteiger partial charge in [-0.15, -0.1) is 0 Å². The lowest BCUT2D eigenvalue weighted by molar-refractivity contribution is 1.18. The lowest BCUT2D eigenvalue weighted by Gasteiger charge is -2.13. The third kappa shape index (κ3) is 6.00. The van der Waals surface area contributed by atoms with Crippen LogP contribution in [0.2, 0.25) is 0 Å². The molecule has 11 rings (SSSR count). The number of hydrogen-bond acceptors (Lipinski definition) is 2. The van der Waals surface area contributed by atoms with E-state index < -0.39 is 0 Å². The Bertz CT molecular complexity index is 3140. The van der Waals surface area contributed by atoms with E-state index in [1.165, 1.54) is 65.3 Å². The maximum atomic E-state index is 4.76. The fourth-order valence-electron chi connectivity index (χ4n) is 8.71. The molecule has 0 amide bonds. The molecule has 0 aliphatic rings. The fraction of sp³-hybridized carbons (Fsp3) is 0. The second-order valence-corrected chi connectivity index (χ2v) is 15.0. The summed E-state index contributed by atoms with van der Waals surface area (Å²) in [5.74, 6) is 0. The summed E-state index contributed by atoms with van der Waals surface area (Å²) in [4.78, 5) is 9.52. The highest BCUT2D eigenvalue weighted by molar-refractivity contribution is 6.15. The number of aromatic nitrogens is 2. The Morgan fingerprint density at radius 2 is 0.552 bits per heavy atom. The van der Waals surface area contributed by atoms with E-state index in [2.05, 4.69) is 212 Å². The first-order valence-electron chi connectivity index (χ1n) is 19.8. The van der Waals surface area contributed by atoms with Crippen LogP contribution < -0.4 is 0 Å². The maximum absolute atomic E-state index is 4.76. The van der Waals surface area contributed by atoms with Gasteiger partial charge in [0.2, 0.25) is 0 Å². The van der Waals surface area contributed by atoms with Gasteiger partial charge in [0.1, 0.15) is 6.33 Å². The van der Waals surface area contributed by atoms with Gasteiger partial charge in [-0.25, -0.2) is 9.97 Å². The fourth-order valence-corrected chi connectivity index (χ4v) is 8.71. The molecule has 0 N–H and O–H groups in total. The van der Waals surface area contributed by atoms with E-state index in [1.807, 2.05) is 0 Å². The third-order valence-corrected chi connectivity index (χ3v) is 11.5. The average molecular weight is 737 g/mol. The topological polar surface area (TPSA) is 25.8 Å². The standard InChI is InChI=1S/C56H36N2/c1-3-23-47-43(13-1)33-53(51-27-7-5-25-49(47)51)41-19-9-15-37(29-41)39-17-11-21-45(31-39)55-35-56(58-36-57-55)46-22-12-18-40(32-46)38-16-10-20-42(30-38)54-34-44-14-2-4-24-48(44)50-26-6-8-28-52(50)54/h1-36H. The van der Waals surface area contributed by atoms with Crippen LogP contribution in [0.5, 0.6) is 0 Å². The number of hydrogen-bond donors (Lipinski definition) is 0. The predicted octanol–water partition coefficient (Wildman–Crippen LogP) is 15.1. The molecule has 270 valence electrons. The summed E-state index contributed by atoms with van der Waals surface area (Å²) in [6.45, 7) is 0. The summed E-state index contributed by atoms with van der Waals surface area (Å²) in [5.41, 5.74) is 13.4. The summed E-state index contributed by atoms with van der Waals surface area (Å²) in [7, 11) is 0. The van der Waals surface area contributed by atoms with Crippen LogP contribution in [0.25, 0.3) is 110 Å². The summed E-state index contributed by atoms with van der Waals surface area (Å²) in [5, 5.41) is 10.1. The first kappa shape index (κ1) is 33.6. The Morgan fingerprint density at radius 1 is 0.224 bits per heavy atom. The summed E-state index contributed by atoms with van der Waals surface area (Å²) < 4.78 is 0. The molecule has 1 aromatic heterocycles. The first-order chi connectivity index (χ1) is 28.7. The predicted molar refractivity (Wildman–Crippen MR) is 245 cm³/mol. The highest BCUT2D eigenvalue weighted by Crippen LogP contribution is 2.39. The largest absolute Gasteiger partial charge is 0.236 e. The number of nitrogens with zero attached hydrogens (tertiary/aromatic N) is 2. The van der Waals surface area contributed by atoms with Crippen LogP contribution in [0.1, 0.15) is 0 Å². The Hall–Kier alpha value is -7.68. The van der Waals surface area contributed by atoms with E-state index in [0.717, 1.165) is 44.8 Å². The Kier molecular flexibility index (Phi) is 8.19. The van der Waals surface area contributed by atoms with Crippen molar-refractivity contribution in [3.8, 4) is 67.0 Å². The van der Waals surface area contributed by atoms with Gasteiger partial charge < -0.3 is 0 Å². The second kappa shape index (κ2) is 14.1. The monoisotopic (exact) mass is 736 g/mol. The Labute approximate surface area is 337 Å². The first-order valence-corrected chi connectivity index (χ1v) is 19.8. The minimum absolute atomic E-state index is 0.888. The van der Waals surface area contributed by atoms with Crippen molar-refractivity contribution in [1.82, 2.24) is 9.97 Å². The Balaban J connectivity index is 0.920. The molecule has 0 radical (unpaired) electrons. The summed E-state index contributed by atoms with van der Waals surface area (Å²) in [6, 6.07) is 76.6. The summed E-state index contributed by atoms with van der Waals surface area (Å²) >= 11 is 0. The van der Waals surface area contributed by atoms with Crippen LogP contribution in [-0.2, 0) is 0 Å². The minimum Gasteiger partial charge on any atom is -0.236 e. The van der Waals surface area contributed by atoms with Gasteiger partial charge in [0.05, 0.1) is 11.4 Å². The number of benzene rings is 10. The lowest BCUT2D eigenvalue weighted by atomic mass is 9.91. The average Bonchev–Trinajstić information content (AvgIpc) is 3.31. The van der Waals surface area contributed by atoms with Gasteiger partial charge in [-0.1, -0.05) is 170 Å². The SMILES string of the molecule is c1cc(-c2cccc(-c3cc4ccccc4c4ccccc34)c2)cc(-c2cc(-c3cccc(-c4cccc(-c5cc6ccccc6c6ccccc56)c4)c3)ncn2)c1. The van der Waals surface area contributed by atoms with E-state index in [1.54, 1.807) is 6.33 Å². The molecule has 0 unspecified atom stereocenters. The maximum Gasteiger partial charge on any atom is 0.116 e. The lowest BCUT2D eigenvalue weighted by Crippen LogP contribution is -1.91. The van der Waals surface area contributed by atoms with Gasteiger partial charge >= 0.3 is 0 Å². The van der Waals surface area contributed by atoms with Crippen molar-refractivity contribution in [3.05, 3.63) is 219 Å². The molecule has 10 aromatic carbocycles. The molecule has 0 aliphatic heterocycles. The van der Waals surface area contributed by atoms with Crippen molar-refractivity contribution in [2.45, 2.75) is 0 Å². The molecule has 0 fully saturated rings. The minimum atomic E-state index is 0.888. The molecule has 1 heterocycles. The van der Waals surface area contributed by atoms with Crippen LogP contribution in [0.15, 0.2) is 219 Å². The molecule has 0 saturated carbocycles. The molecule has 11 aromatic rings. The zero-order valence-electron chi connectivity index (χ0n) is 31.7. The van der Waals surface area contributed by atoms with Crippen LogP contribution >= 0.6 is 0 Å². The van der Waals surface area contributed by atoms with Crippen molar-refractivity contribution >= 4 is 43.1 Å². The zero-order valence-corrected chi connectivity index (χ0v) is 31.7. The van der Waals surface area contributed by atoms with Crippen molar-refractivity contribution in [2.24, 2.45) is 0 Å².